The zero-order valence-corrected chi connectivity index (χ0v) is 7.52. The van der Waals surface area contributed by atoms with Crippen molar-refractivity contribution >= 4 is 11.6 Å². The maximum atomic E-state index is 5.92. The van der Waals surface area contributed by atoms with Crippen LogP contribution in [0.4, 0.5) is 0 Å². The predicted octanol–water partition coefficient (Wildman–Crippen LogP) is 1.37. The molecule has 13 heavy (non-hydrogen) atoms. The van der Waals surface area contributed by atoms with Gasteiger partial charge in [-0.25, -0.2) is 9.67 Å². The molecule has 0 aliphatic carbocycles. The Labute approximate surface area is 80.2 Å². The number of hydrogen-bond acceptors (Lipinski definition) is 3. The Morgan fingerprint density at radius 2 is 2.31 bits per heavy atom. The van der Waals surface area contributed by atoms with Crippen molar-refractivity contribution in [3.63, 3.8) is 0 Å². The SMILES string of the molecule is Clc1cnccc1Cn1cncn1. The fourth-order valence-corrected chi connectivity index (χ4v) is 1.20. The molecule has 0 aliphatic rings. The van der Waals surface area contributed by atoms with Crippen molar-refractivity contribution in [3.8, 4) is 0 Å². The fourth-order valence-electron chi connectivity index (χ4n) is 1.02. The third-order valence-corrected chi connectivity index (χ3v) is 2.00. The Kier molecular flexibility index (Phi) is 2.23. The third kappa shape index (κ3) is 1.84. The highest BCUT2D eigenvalue weighted by Gasteiger charge is 2.00. The molecule has 0 fully saturated rings. The number of rotatable bonds is 2. The lowest BCUT2D eigenvalue weighted by molar-refractivity contribution is 0.684. The molecule has 2 aromatic heterocycles. The molecule has 0 saturated heterocycles. The maximum Gasteiger partial charge on any atom is 0.137 e. The number of pyridine rings is 1. The van der Waals surface area contributed by atoms with Gasteiger partial charge >= 0.3 is 0 Å². The molecule has 5 heteroatoms. The number of nitrogens with zero attached hydrogens (tertiary/aromatic N) is 4. The summed E-state index contributed by atoms with van der Waals surface area (Å²) >= 11 is 5.92. The van der Waals surface area contributed by atoms with Crippen LogP contribution >= 0.6 is 11.6 Å². The summed E-state index contributed by atoms with van der Waals surface area (Å²) in [5.41, 5.74) is 0.988. The highest BCUT2D eigenvalue weighted by molar-refractivity contribution is 6.31. The summed E-state index contributed by atoms with van der Waals surface area (Å²) in [6.45, 7) is 0.626. The molecule has 0 aliphatic heterocycles. The van der Waals surface area contributed by atoms with Crippen LogP contribution < -0.4 is 0 Å². The standard InChI is InChI=1S/C8H7ClN4/c9-8-3-10-2-1-7(8)4-13-6-11-5-12-13/h1-3,5-6H,4H2. The maximum absolute atomic E-state index is 5.92. The summed E-state index contributed by atoms with van der Waals surface area (Å²) in [5, 5.41) is 4.63. The molecular formula is C8H7ClN4. The van der Waals surface area contributed by atoms with E-state index in [0.29, 0.717) is 11.6 Å². The van der Waals surface area contributed by atoms with E-state index in [0.717, 1.165) is 5.56 Å². The molecule has 2 rings (SSSR count). The Balaban J connectivity index is 2.24. The van der Waals surface area contributed by atoms with Crippen molar-refractivity contribution < 1.29 is 0 Å². The van der Waals surface area contributed by atoms with Gasteiger partial charge in [0.05, 0.1) is 11.6 Å². The first-order valence-electron chi connectivity index (χ1n) is 3.77. The lowest BCUT2D eigenvalue weighted by Crippen LogP contribution is -2.00. The third-order valence-electron chi connectivity index (χ3n) is 1.66. The van der Waals surface area contributed by atoms with E-state index in [9.17, 15) is 0 Å². The number of aromatic nitrogens is 4. The Bertz CT molecular complexity index is 385. The van der Waals surface area contributed by atoms with Crippen LogP contribution in [0.15, 0.2) is 31.1 Å². The highest BCUT2D eigenvalue weighted by atomic mass is 35.5. The zero-order chi connectivity index (χ0) is 9.10. The Hall–Kier alpha value is -1.42. The molecule has 4 nitrogen and oxygen atoms in total. The summed E-state index contributed by atoms with van der Waals surface area (Å²) in [4.78, 5) is 7.74. The average molecular weight is 195 g/mol. The van der Waals surface area contributed by atoms with Gasteiger partial charge < -0.3 is 0 Å². The minimum Gasteiger partial charge on any atom is -0.263 e. The second-order valence-corrected chi connectivity index (χ2v) is 2.97. The van der Waals surface area contributed by atoms with Gasteiger partial charge in [-0.15, -0.1) is 0 Å². The number of halogens is 1. The summed E-state index contributed by atoms with van der Waals surface area (Å²) < 4.78 is 1.71. The molecular weight excluding hydrogens is 188 g/mol. The van der Waals surface area contributed by atoms with Crippen molar-refractivity contribution in [2.75, 3.05) is 0 Å². The van der Waals surface area contributed by atoms with Gasteiger partial charge in [-0.1, -0.05) is 11.6 Å². The molecule has 0 N–H and O–H groups in total. The van der Waals surface area contributed by atoms with Crippen LogP contribution in [0.1, 0.15) is 5.56 Å². The van der Waals surface area contributed by atoms with Crippen LogP contribution in [0.3, 0.4) is 0 Å². The summed E-state index contributed by atoms with van der Waals surface area (Å²) in [5.74, 6) is 0. The van der Waals surface area contributed by atoms with E-state index in [2.05, 4.69) is 15.1 Å². The fraction of sp³-hybridized carbons (Fsp3) is 0.125. The van der Waals surface area contributed by atoms with Crippen molar-refractivity contribution in [1.29, 1.82) is 0 Å². The van der Waals surface area contributed by atoms with E-state index >= 15 is 0 Å². The normalized spacial score (nSPS) is 10.2. The molecule has 0 amide bonds. The molecule has 0 bridgehead atoms. The highest BCUT2D eigenvalue weighted by Crippen LogP contribution is 2.13. The quantitative estimate of drug-likeness (QED) is 0.726. The van der Waals surface area contributed by atoms with Crippen LogP contribution in [0.2, 0.25) is 5.02 Å². The van der Waals surface area contributed by atoms with E-state index in [1.54, 1.807) is 23.4 Å². The van der Waals surface area contributed by atoms with Crippen LogP contribution in [-0.4, -0.2) is 19.7 Å². The smallest absolute Gasteiger partial charge is 0.137 e. The zero-order valence-electron chi connectivity index (χ0n) is 6.76. The van der Waals surface area contributed by atoms with Crippen LogP contribution in [0.5, 0.6) is 0 Å². The van der Waals surface area contributed by atoms with E-state index in [1.807, 2.05) is 6.07 Å². The minimum absolute atomic E-state index is 0.626. The van der Waals surface area contributed by atoms with Crippen molar-refractivity contribution in [2.24, 2.45) is 0 Å². The molecule has 0 atom stereocenters. The van der Waals surface area contributed by atoms with Crippen molar-refractivity contribution in [2.45, 2.75) is 6.54 Å². The summed E-state index contributed by atoms with van der Waals surface area (Å²) in [7, 11) is 0. The summed E-state index contributed by atoms with van der Waals surface area (Å²) in [6, 6.07) is 1.87. The molecule has 0 radical (unpaired) electrons. The number of hydrogen-bond donors (Lipinski definition) is 0. The van der Waals surface area contributed by atoms with Crippen molar-refractivity contribution in [3.05, 3.63) is 41.7 Å². The first kappa shape index (κ1) is 8.19. The molecule has 2 aromatic rings. The molecule has 0 saturated carbocycles. The van der Waals surface area contributed by atoms with Gasteiger partial charge in [0.15, 0.2) is 0 Å². The predicted molar refractivity (Wildman–Crippen MR) is 48.4 cm³/mol. The van der Waals surface area contributed by atoms with Crippen molar-refractivity contribution in [1.82, 2.24) is 19.7 Å². The molecule has 2 heterocycles. The Morgan fingerprint density at radius 1 is 1.38 bits per heavy atom. The largest absolute Gasteiger partial charge is 0.263 e. The lowest BCUT2D eigenvalue weighted by Gasteiger charge is -2.01. The van der Waals surface area contributed by atoms with Gasteiger partial charge in [0.25, 0.3) is 0 Å². The van der Waals surface area contributed by atoms with Gasteiger partial charge in [-0.05, 0) is 11.6 Å². The minimum atomic E-state index is 0.626. The second-order valence-electron chi connectivity index (χ2n) is 2.56. The van der Waals surface area contributed by atoms with E-state index in [1.165, 1.54) is 6.33 Å². The van der Waals surface area contributed by atoms with E-state index in [4.69, 9.17) is 11.6 Å². The summed E-state index contributed by atoms with van der Waals surface area (Å²) in [6.07, 6.45) is 6.47. The van der Waals surface area contributed by atoms with Gasteiger partial charge in [0, 0.05) is 12.4 Å². The molecule has 0 aromatic carbocycles. The lowest BCUT2D eigenvalue weighted by atomic mass is 10.3. The van der Waals surface area contributed by atoms with E-state index in [-0.39, 0.29) is 0 Å². The molecule has 0 spiro atoms. The van der Waals surface area contributed by atoms with Gasteiger partial charge in [0.1, 0.15) is 12.7 Å². The van der Waals surface area contributed by atoms with Crippen LogP contribution in [0.25, 0.3) is 0 Å². The van der Waals surface area contributed by atoms with Crippen LogP contribution in [-0.2, 0) is 6.54 Å². The van der Waals surface area contributed by atoms with Gasteiger partial charge in [-0.3, -0.25) is 4.98 Å². The first-order valence-corrected chi connectivity index (χ1v) is 4.15. The topological polar surface area (TPSA) is 43.6 Å². The van der Waals surface area contributed by atoms with Gasteiger partial charge in [-0.2, -0.15) is 5.10 Å². The molecule has 0 unspecified atom stereocenters. The van der Waals surface area contributed by atoms with Gasteiger partial charge in [0.2, 0.25) is 0 Å². The monoisotopic (exact) mass is 194 g/mol. The van der Waals surface area contributed by atoms with Crippen LogP contribution in [0, 0.1) is 0 Å². The molecule has 66 valence electrons. The first-order chi connectivity index (χ1) is 6.36. The second kappa shape index (κ2) is 3.53. The Morgan fingerprint density at radius 3 is 3.00 bits per heavy atom. The van der Waals surface area contributed by atoms with E-state index < -0.39 is 0 Å². The average Bonchev–Trinajstić information content (AvgIpc) is 2.61.